The SMILES string of the molecule is CCCCCCCCCC(CCCCCCCCC)C(=O)OCCN(CCOC(=O)C(CCCCCCCCC)CCCCCCCCC)C(=O)CC(C)NCCC. The Bertz CT molecular complexity index is 819. The van der Waals surface area contributed by atoms with Gasteiger partial charge in [0.05, 0.1) is 24.9 Å². The Morgan fingerprint density at radius 1 is 0.431 bits per heavy atom. The lowest BCUT2D eigenvalue weighted by Gasteiger charge is -2.25. The van der Waals surface area contributed by atoms with E-state index in [1.807, 2.05) is 6.92 Å². The summed E-state index contributed by atoms with van der Waals surface area (Å²) in [6.45, 7) is 15.0. The molecule has 0 rings (SSSR count). The number of rotatable bonds is 45. The Morgan fingerprint density at radius 3 is 1.02 bits per heavy atom. The summed E-state index contributed by atoms with van der Waals surface area (Å²) in [5.41, 5.74) is 0. The molecule has 0 bridgehead atoms. The summed E-state index contributed by atoms with van der Waals surface area (Å²) >= 11 is 0. The Morgan fingerprint density at radius 2 is 0.724 bits per heavy atom. The maximum Gasteiger partial charge on any atom is 0.308 e. The fourth-order valence-corrected chi connectivity index (χ4v) is 8.12. The minimum atomic E-state index is -0.104. The van der Waals surface area contributed by atoms with E-state index in [0.717, 1.165) is 64.3 Å². The molecule has 1 atom stereocenters. The molecule has 1 N–H and O–H groups in total. The molecule has 0 radical (unpaired) electrons. The van der Waals surface area contributed by atoms with Crippen LogP contribution in [0.25, 0.3) is 0 Å². The fraction of sp³-hybridized carbons (Fsp3) is 0.941. The molecule has 7 heteroatoms. The van der Waals surface area contributed by atoms with Crippen molar-refractivity contribution < 1.29 is 23.9 Å². The van der Waals surface area contributed by atoms with Gasteiger partial charge in [-0.1, -0.05) is 214 Å². The van der Waals surface area contributed by atoms with E-state index in [2.05, 4.69) is 39.9 Å². The van der Waals surface area contributed by atoms with Gasteiger partial charge in [-0.05, 0) is 45.6 Å². The summed E-state index contributed by atoms with van der Waals surface area (Å²) in [7, 11) is 0. The molecule has 7 nitrogen and oxygen atoms in total. The summed E-state index contributed by atoms with van der Waals surface area (Å²) in [4.78, 5) is 42.4. The van der Waals surface area contributed by atoms with Crippen LogP contribution in [0.4, 0.5) is 0 Å². The molecular formula is C51H100N2O5. The molecule has 0 aromatic rings. The Hall–Kier alpha value is -1.63. The first kappa shape index (κ1) is 56.4. The Kier molecular flexibility index (Phi) is 42.2. The van der Waals surface area contributed by atoms with E-state index in [1.165, 1.54) is 154 Å². The van der Waals surface area contributed by atoms with Gasteiger partial charge in [-0.25, -0.2) is 0 Å². The van der Waals surface area contributed by atoms with Gasteiger partial charge in [-0.2, -0.15) is 0 Å². The number of amides is 1. The van der Waals surface area contributed by atoms with Gasteiger partial charge < -0.3 is 19.7 Å². The predicted octanol–water partition coefficient (Wildman–Crippen LogP) is 14.5. The highest BCUT2D eigenvalue weighted by Gasteiger charge is 2.23. The van der Waals surface area contributed by atoms with Crippen molar-refractivity contribution in [3.63, 3.8) is 0 Å². The lowest BCUT2D eigenvalue weighted by Crippen LogP contribution is -2.41. The van der Waals surface area contributed by atoms with Gasteiger partial charge in [0, 0.05) is 12.5 Å². The van der Waals surface area contributed by atoms with E-state index in [0.29, 0.717) is 19.5 Å². The number of hydrogen-bond donors (Lipinski definition) is 1. The summed E-state index contributed by atoms with van der Waals surface area (Å²) < 4.78 is 11.9. The first-order chi connectivity index (χ1) is 28.3. The standard InChI is InChI=1S/C51H100N2O5/c1-7-12-16-20-24-28-32-36-47(37-33-29-25-21-17-13-8-2)50(55)57-43-41-53(49(54)45-46(6)52-40-11-5)42-44-58-51(56)48(38-34-30-26-22-18-14-9-3)39-35-31-27-23-19-15-10-4/h46-48,52H,7-45H2,1-6H3. The maximum absolute atomic E-state index is 13.6. The van der Waals surface area contributed by atoms with Gasteiger partial charge in [-0.3, -0.25) is 14.4 Å². The molecule has 0 heterocycles. The van der Waals surface area contributed by atoms with Crippen LogP contribution in [0.5, 0.6) is 0 Å². The van der Waals surface area contributed by atoms with Crippen LogP contribution >= 0.6 is 0 Å². The van der Waals surface area contributed by atoms with Crippen LogP contribution in [0.2, 0.25) is 0 Å². The third-order valence-electron chi connectivity index (χ3n) is 12.1. The molecule has 344 valence electrons. The first-order valence-electron chi connectivity index (χ1n) is 25.7. The van der Waals surface area contributed by atoms with Crippen LogP contribution < -0.4 is 5.32 Å². The molecule has 0 aliphatic carbocycles. The second-order valence-corrected chi connectivity index (χ2v) is 17.8. The average Bonchev–Trinajstić information content (AvgIpc) is 3.21. The van der Waals surface area contributed by atoms with E-state index in [1.54, 1.807) is 4.90 Å². The topological polar surface area (TPSA) is 84.9 Å². The quantitative estimate of drug-likeness (QED) is 0.0486. The zero-order valence-electron chi connectivity index (χ0n) is 39.8. The third kappa shape index (κ3) is 35.2. The molecule has 0 aromatic heterocycles. The summed E-state index contributed by atoms with van der Waals surface area (Å²) in [5, 5.41) is 3.43. The van der Waals surface area contributed by atoms with Gasteiger partial charge in [0.2, 0.25) is 5.91 Å². The first-order valence-corrected chi connectivity index (χ1v) is 25.7. The normalized spacial score (nSPS) is 12.1. The molecule has 1 unspecified atom stereocenters. The van der Waals surface area contributed by atoms with Crippen molar-refractivity contribution in [3.05, 3.63) is 0 Å². The molecule has 58 heavy (non-hydrogen) atoms. The second-order valence-electron chi connectivity index (χ2n) is 17.8. The molecule has 0 spiro atoms. The lowest BCUT2D eigenvalue weighted by molar-refractivity contribution is -0.152. The molecule has 0 aliphatic rings. The van der Waals surface area contributed by atoms with Gasteiger partial charge in [0.15, 0.2) is 0 Å². The molecule has 0 saturated carbocycles. The van der Waals surface area contributed by atoms with Crippen LogP contribution in [0.1, 0.15) is 260 Å². The molecule has 0 aliphatic heterocycles. The maximum atomic E-state index is 13.6. The largest absolute Gasteiger partial charge is 0.464 e. The van der Waals surface area contributed by atoms with Crippen molar-refractivity contribution in [3.8, 4) is 0 Å². The van der Waals surface area contributed by atoms with Crippen molar-refractivity contribution in [2.75, 3.05) is 32.8 Å². The number of esters is 2. The van der Waals surface area contributed by atoms with Gasteiger partial charge >= 0.3 is 11.9 Å². The van der Waals surface area contributed by atoms with E-state index < -0.39 is 0 Å². The number of hydrogen-bond acceptors (Lipinski definition) is 6. The number of nitrogens with one attached hydrogen (secondary N) is 1. The van der Waals surface area contributed by atoms with Gasteiger partial charge in [-0.15, -0.1) is 0 Å². The minimum absolute atomic E-state index is 0.00796. The van der Waals surface area contributed by atoms with Crippen LogP contribution in [0, 0.1) is 11.8 Å². The fourth-order valence-electron chi connectivity index (χ4n) is 8.12. The number of nitrogens with zero attached hydrogens (tertiary/aromatic N) is 1. The number of carbonyl (C=O) groups is 3. The van der Waals surface area contributed by atoms with Crippen LogP contribution in [0.3, 0.4) is 0 Å². The summed E-state index contributed by atoms with van der Waals surface area (Å²) in [6, 6.07) is 0.0432. The van der Waals surface area contributed by atoms with Crippen molar-refractivity contribution >= 4 is 17.8 Å². The van der Waals surface area contributed by atoms with E-state index in [4.69, 9.17) is 9.47 Å². The monoisotopic (exact) mass is 821 g/mol. The molecular weight excluding hydrogens is 721 g/mol. The van der Waals surface area contributed by atoms with Gasteiger partial charge in [0.1, 0.15) is 13.2 Å². The summed E-state index contributed by atoms with van der Waals surface area (Å²) in [6.07, 6.45) is 39.5. The van der Waals surface area contributed by atoms with E-state index in [-0.39, 0.29) is 48.9 Å². The number of unbranched alkanes of at least 4 members (excludes halogenated alkanes) is 24. The van der Waals surface area contributed by atoms with Crippen molar-refractivity contribution in [1.82, 2.24) is 10.2 Å². The molecule has 0 fully saturated rings. The zero-order valence-corrected chi connectivity index (χ0v) is 39.8. The van der Waals surface area contributed by atoms with Crippen molar-refractivity contribution in [1.29, 1.82) is 0 Å². The van der Waals surface area contributed by atoms with Crippen molar-refractivity contribution in [2.45, 2.75) is 266 Å². The smallest absolute Gasteiger partial charge is 0.308 e. The number of ether oxygens (including phenoxy) is 2. The van der Waals surface area contributed by atoms with Crippen molar-refractivity contribution in [2.24, 2.45) is 11.8 Å². The second kappa shape index (κ2) is 43.5. The minimum Gasteiger partial charge on any atom is -0.464 e. The highest BCUT2D eigenvalue weighted by molar-refractivity contribution is 5.77. The Labute approximate surface area is 361 Å². The van der Waals surface area contributed by atoms with E-state index in [9.17, 15) is 14.4 Å². The zero-order chi connectivity index (χ0) is 42.7. The summed E-state index contributed by atoms with van der Waals surface area (Å²) in [5.74, 6) is -0.341. The van der Waals surface area contributed by atoms with Crippen LogP contribution in [0.15, 0.2) is 0 Å². The molecule has 1 amide bonds. The van der Waals surface area contributed by atoms with Gasteiger partial charge in [0.25, 0.3) is 0 Å². The molecule has 0 aromatic carbocycles. The highest BCUT2D eigenvalue weighted by atomic mass is 16.5. The Balaban J connectivity index is 5.36. The lowest BCUT2D eigenvalue weighted by atomic mass is 9.94. The van der Waals surface area contributed by atoms with Crippen LogP contribution in [-0.4, -0.2) is 61.6 Å². The van der Waals surface area contributed by atoms with Crippen LogP contribution in [-0.2, 0) is 23.9 Å². The highest BCUT2D eigenvalue weighted by Crippen LogP contribution is 2.23. The van der Waals surface area contributed by atoms with E-state index >= 15 is 0 Å². The molecule has 0 saturated heterocycles. The third-order valence-corrected chi connectivity index (χ3v) is 12.1. The predicted molar refractivity (Wildman–Crippen MR) is 248 cm³/mol. The average molecular weight is 821 g/mol. The number of carbonyl (C=O) groups excluding carboxylic acids is 3.